The van der Waals surface area contributed by atoms with Crippen LogP contribution in [0.1, 0.15) is 42.9 Å². The van der Waals surface area contributed by atoms with Gasteiger partial charge in [-0.15, -0.1) is 0 Å². The zero-order valence-electron chi connectivity index (χ0n) is 12.4. The van der Waals surface area contributed by atoms with Crippen LogP contribution in [0.5, 0.6) is 5.75 Å². The Labute approximate surface area is 121 Å². The summed E-state index contributed by atoms with van der Waals surface area (Å²) in [5.74, 6) is 1.68. The van der Waals surface area contributed by atoms with Gasteiger partial charge in [0.25, 0.3) is 0 Å². The number of fused-ring (bicyclic) bond motifs is 1. The molecule has 3 nitrogen and oxygen atoms in total. The van der Waals surface area contributed by atoms with Crippen LogP contribution in [0.2, 0.25) is 0 Å². The summed E-state index contributed by atoms with van der Waals surface area (Å²) in [5, 5.41) is 3.42. The minimum atomic E-state index is 0.491. The van der Waals surface area contributed by atoms with E-state index < -0.39 is 0 Å². The van der Waals surface area contributed by atoms with E-state index in [0.717, 1.165) is 38.4 Å². The first-order chi connectivity index (χ1) is 9.86. The lowest BCUT2D eigenvalue weighted by Crippen LogP contribution is -2.23. The molecule has 1 saturated heterocycles. The number of hydrogen-bond donors (Lipinski definition) is 1. The van der Waals surface area contributed by atoms with Crippen molar-refractivity contribution in [1.29, 1.82) is 0 Å². The third kappa shape index (κ3) is 3.15. The molecule has 0 aromatic heterocycles. The maximum absolute atomic E-state index is 6.02. The molecule has 3 rings (SSSR count). The number of nitrogens with one attached hydrogen (secondary N) is 1. The SMILES string of the molecule is CNC1CCCc2ccc(OCC3CCOCC3)cc21. The maximum Gasteiger partial charge on any atom is 0.119 e. The summed E-state index contributed by atoms with van der Waals surface area (Å²) in [6.45, 7) is 2.60. The lowest BCUT2D eigenvalue weighted by molar-refractivity contribution is 0.0497. The molecule has 1 N–H and O–H groups in total. The molecule has 0 spiro atoms. The zero-order valence-corrected chi connectivity index (χ0v) is 12.4. The van der Waals surface area contributed by atoms with E-state index in [1.54, 1.807) is 0 Å². The summed E-state index contributed by atoms with van der Waals surface area (Å²) in [6, 6.07) is 7.12. The molecule has 1 aromatic rings. The van der Waals surface area contributed by atoms with Crippen LogP contribution in [-0.4, -0.2) is 26.9 Å². The molecule has 0 bridgehead atoms. The molecule has 20 heavy (non-hydrogen) atoms. The average Bonchev–Trinajstić information content (AvgIpc) is 2.53. The monoisotopic (exact) mass is 275 g/mol. The van der Waals surface area contributed by atoms with E-state index in [-0.39, 0.29) is 0 Å². The number of ether oxygens (including phenoxy) is 2. The van der Waals surface area contributed by atoms with E-state index in [9.17, 15) is 0 Å². The molecular weight excluding hydrogens is 250 g/mol. The fraction of sp³-hybridized carbons (Fsp3) is 0.647. The standard InChI is InChI=1S/C17H25NO2/c1-18-17-4-2-3-14-5-6-15(11-16(14)17)20-12-13-7-9-19-10-8-13/h5-6,11,13,17-18H,2-4,7-10,12H2,1H3. The molecule has 1 fully saturated rings. The molecule has 3 heteroatoms. The van der Waals surface area contributed by atoms with Gasteiger partial charge in [0.1, 0.15) is 5.75 Å². The summed E-state index contributed by atoms with van der Waals surface area (Å²) < 4.78 is 11.4. The Bertz CT molecular complexity index is 441. The fourth-order valence-electron chi connectivity index (χ4n) is 3.29. The molecule has 1 aromatic carbocycles. The van der Waals surface area contributed by atoms with E-state index in [0.29, 0.717) is 12.0 Å². The second-order valence-corrected chi connectivity index (χ2v) is 5.96. The second kappa shape index (κ2) is 6.59. The molecule has 1 unspecified atom stereocenters. The van der Waals surface area contributed by atoms with Gasteiger partial charge < -0.3 is 14.8 Å². The lowest BCUT2D eigenvalue weighted by Gasteiger charge is -2.26. The minimum absolute atomic E-state index is 0.491. The van der Waals surface area contributed by atoms with Crippen LogP contribution < -0.4 is 10.1 Å². The molecule has 0 radical (unpaired) electrons. The minimum Gasteiger partial charge on any atom is -0.493 e. The number of hydrogen-bond acceptors (Lipinski definition) is 3. The third-order valence-corrected chi connectivity index (χ3v) is 4.61. The highest BCUT2D eigenvalue weighted by atomic mass is 16.5. The molecule has 110 valence electrons. The number of benzene rings is 1. The summed E-state index contributed by atoms with van der Waals surface area (Å²) in [4.78, 5) is 0. The lowest BCUT2D eigenvalue weighted by atomic mass is 9.87. The molecule has 2 aliphatic rings. The quantitative estimate of drug-likeness (QED) is 0.916. The molecule has 1 aliphatic carbocycles. The van der Waals surface area contributed by atoms with Crippen LogP contribution in [0.4, 0.5) is 0 Å². The molecule has 1 heterocycles. The van der Waals surface area contributed by atoms with Crippen molar-refractivity contribution in [3.05, 3.63) is 29.3 Å². The van der Waals surface area contributed by atoms with Gasteiger partial charge in [-0.05, 0) is 68.3 Å². The summed E-state index contributed by atoms with van der Waals surface area (Å²) in [7, 11) is 2.05. The van der Waals surface area contributed by atoms with Crippen LogP contribution in [0.15, 0.2) is 18.2 Å². The second-order valence-electron chi connectivity index (χ2n) is 5.96. The van der Waals surface area contributed by atoms with Gasteiger partial charge in [0, 0.05) is 19.3 Å². The van der Waals surface area contributed by atoms with Gasteiger partial charge in [-0.25, -0.2) is 0 Å². The van der Waals surface area contributed by atoms with Crippen LogP contribution in [0.3, 0.4) is 0 Å². The van der Waals surface area contributed by atoms with E-state index in [2.05, 4.69) is 30.6 Å². The van der Waals surface area contributed by atoms with Crippen molar-refractivity contribution >= 4 is 0 Å². The Kier molecular flexibility index (Phi) is 4.58. The van der Waals surface area contributed by atoms with Gasteiger partial charge in [0.2, 0.25) is 0 Å². The smallest absolute Gasteiger partial charge is 0.119 e. The van der Waals surface area contributed by atoms with E-state index in [1.165, 1.54) is 30.4 Å². The third-order valence-electron chi connectivity index (χ3n) is 4.61. The van der Waals surface area contributed by atoms with Crippen LogP contribution in [-0.2, 0) is 11.2 Å². The highest BCUT2D eigenvalue weighted by Gasteiger charge is 2.20. The van der Waals surface area contributed by atoms with Crippen LogP contribution in [0.25, 0.3) is 0 Å². The predicted octanol–water partition coefficient (Wildman–Crippen LogP) is 3.09. The van der Waals surface area contributed by atoms with Gasteiger partial charge >= 0.3 is 0 Å². The zero-order chi connectivity index (χ0) is 13.8. The number of aryl methyl sites for hydroxylation is 1. The summed E-state index contributed by atoms with van der Waals surface area (Å²) >= 11 is 0. The Hall–Kier alpha value is -1.06. The molecule has 1 aliphatic heterocycles. The Balaban J connectivity index is 1.65. The Morgan fingerprint density at radius 1 is 1.25 bits per heavy atom. The summed E-state index contributed by atoms with van der Waals surface area (Å²) in [6.07, 6.45) is 5.97. The highest BCUT2D eigenvalue weighted by Crippen LogP contribution is 2.32. The first kappa shape index (κ1) is 13.9. The molecular formula is C17H25NO2. The molecule has 1 atom stereocenters. The largest absolute Gasteiger partial charge is 0.493 e. The van der Waals surface area contributed by atoms with Crippen molar-refractivity contribution in [3.8, 4) is 5.75 Å². The first-order valence-corrected chi connectivity index (χ1v) is 7.87. The summed E-state index contributed by atoms with van der Waals surface area (Å²) in [5.41, 5.74) is 2.91. The van der Waals surface area contributed by atoms with Crippen molar-refractivity contribution < 1.29 is 9.47 Å². The van der Waals surface area contributed by atoms with E-state index >= 15 is 0 Å². The highest BCUT2D eigenvalue weighted by molar-refractivity contribution is 5.39. The van der Waals surface area contributed by atoms with Crippen molar-refractivity contribution in [1.82, 2.24) is 5.32 Å². The van der Waals surface area contributed by atoms with Gasteiger partial charge in [0.15, 0.2) is 0 Å². The van der Waals surface area contributed by atoms with Gasteiger partial charge in [-0.1, -0.05) is 6.07 Å². The number of rotatable bonds is 4. The van der Waals surface area contributed by atoms with Crippen molar-refractivity contribution in [3.63, 3.8) is 0 Å². The van der Waals surface area contributed by atoms with Crippen LogP contribution >= 0.6 is 0 Å². The van der Waals surface area contributed by atoms with Gasteiger partial charge in [-0.3, -0.25) is 0 Å². The van der Waals surface area contributed by atoms with Crippen molar-refractivity contribution in [2.45, 2.75) is 38.1 Å². The molecule has 0 amide bonds. The first-order valence-electron chi connectivity index (χ1n) is 7.87. The Morgan fingerprint density at radius 3 is 2.90 bits per heavy atom. The Morgan fingerprint density at radius 2 is 2.10 bits per heavy atom. The maximum atomic E-state index is 6.02. The van der Waals surface area contributed by atoms with Gasteiger partial charge in [-0.2, -0.15) is 0 Å². The predicted molar refractivity (Wildman–Crippen MR) is 80.2 cm³/mol. The van der Waals surface area contributed by atoms with Crippen molar-refractivity contribution in [2.24, 2.45) is 5.92 Å². The van der Waals surface area contributed by atoms with E-state index in [4.69, 9.17) is 9.47 Å². The molecule has 0 saturated carbocycles. The van der Waals surface area contributed by atoms with E-state index in [1.807, 2.05) is 0 Å². The van der Waals surface area contributed by atoms with Crippen molar-refractivity contribution in [2.75, 3.05) is 26.9 Å². The average molecular weight is 275 g/mol. The normalized spacial score (nSPS) is 23.4. The topological polar surface area (TPSA) is 30.5 Å². The fourth-order valence-corrected chi connectivity index (χ4v) is 3.29. The van der Waals surface area contributed by atoms with Gasteiger partial charge in [0.05, 0.1) is 6.61 Å². The van der Waals surface area contributed by atoms with Crippen LogP contribution in [0, 0.1) is 5.92 Å².